The molecule has 0 aromatic heterocycles. The maximum absolute atomic E-state index is 13.8. The molecule has 0 unspecified atom stereocenters. The normalized spacial score (nSPS) is 12.6. The predicted molar refractivity (Wildman–Crippen MR) is 122 cm³/mol. The fraction of sp³-hybridized carbons (Fsp3) is 0.231. The van der Waals surface area contributed by atoms with Gasteiger partial charge in [-0.3, -0.25) is 14.5 Å². The zero-order valence-corrected chi connectivity index (χ0v) is 17.7. The highest BCUT2D eigenvalue weighted by atomic mass is 16.2. The van der Waals surface area contributed by atoms with Crippen LogP contribution in [-0.2, 0) is 9.59 Å². The van der Waals surface area contributed by atoms with E-state index in [9.17, 15) is 9.59 Å². The van der Waals surface area contributed by atoms with Crippen molar-refractivity contribution in [2.24, 2.45) is 5.92 Å². The molecule has 0 aliphatic heterocycles. The van der Waals surface area contributed by atoms with Gasteiger partial charge in [0.05, 0.1) is 0 Å². The van der Waals surface area contributed by atoms with Gasteiger partial charge in [0, 0.05) is 43.7 Å². The molecule has 0 bridgehead atoms. The highest BCUT2D eigenvalue weighted by molar-refractivity contribution is 6.02. The number of amides is 2. The van der Waals surface area contributed by atoms with Crippen LogP contribution in [-0.4, -0.2) is 30.8 Å². The Morgan fingerprint density at radius 1 is 0.733 bits per heavy atom. The van der Waals surface area contributed by atoms with Crippen molar-refractivity contribution in [1.82, 2.24) is 4.90 Å². The van der Waals surface area contributed by atoms with E-state index in [-0.39, 0.29) is 24.2 Å². The van der Waals surface area contributed by atoms with E-state index >= 15 is 0 Å². The summed E-state index contributed by atoms with van der Waals surface area (Å²) in [5.74, 6) is -0.637. The molecule has 0 saturated carbocycles. The van der Waals surface area contributed by atoms with Crippen LogP contribution >= 0.6 is 0 Å². The molecule has 0 spiro atoms. The first-order valence-corrected chi connectivity index (χ1v) is 10.2. The van der Waals surface area contributed by atoms with Crippen LogP contribution in [0.3, 0.4) is 0 Å². The van der Waals surface area contributed by atoms with Gasteiger partial charge >= 0.3 is 0 Å². The van der Waals surface area contributed by atoms with E-state index in [2.05, 4.69) is 0 Å². The van der Waals surface area contributed by atoms with E-state index in [1.807, 2.05) is 97.9 Å². The highest BCUT2D eigenvalue weighted by Gasteiger charge is 2.32. The maximum atomic E-state index is 13.8. The Morgan fingerprint density at radius 2 is 1.17 bits per heavy atom. The molecule has 0 N–H and O–H groups in total. The smallest absolute Gasteiger partial charge is 0.235 e. The molecule has 4 heteroatoms. The minimum atomic E-state index is -0.392. The number of carbonyl (C=O) groups excluding carboxylic acids is 2. The molecule has 154 valence electrons. The van der Waals surface area contributed by atoms with E-state index in [0.717, 1.165) is 16.9 Å². The van der Waals surface area contributed by atoms with Gasteiger partial charge in [-0.15, -0.1) is 0 Å². The monoisotopic (exact) mass is 400 g/mol. The summed E-state index contributed by atoms with van der Waals surface area (Å²) in [6.45, 7) is 1.92. The van der Waals surface area contributed by atoms with Crippen molar-refractivity contribution in [3.63, 3.8) is 0 Å². The molecule has 2 amide bonds. The number of anilines is 2. The molecular formula is C26H28N2O2. The van der Waals surface area contributed by atoms with Gasteiger partial charge < -0.3 is 4.90 Å². The SMILES string of the molecule is C[C@@H](C(=O)N(c1ccccc1)c1ccccc1)[C@@H](CC(=O)N(C)C)c1ccccc1. The van der Waals surface area contributed by atoms with Crippen LogP contribution < -0.4 is 4.90 Å². The molecule has 0 aliphatic carbocycles. The van der Waals surface area contributed by atoms with Crippen LogP contribution in [0.15, 0.2) is 91.0 Å². The van der Waals surface area contributed by atoms with Crippen LogP contribution in [0.25, 0.3) is 0 Å². The van der Waals surface area contributed by atoms with Crippen molar-refractivity contribution in [1.29, 1.82) is 0 Å². The average molecular weight is 401 g/mol. The molecule has 0 radical (unpaired) electrons. The molecular weight excluding hydrogens is 372 g/mol. The van der Waals surface area contributed by atoms with Crippen molar-refractivity contribution < 1.29 is 9.59 Å². The van der Waals surface area contributed by atoms with Crippen LogP contribution in [0.2, 0.25) is 0 Å². The van der Waals surface area contributed by atoms with Crippen molar-refractivity contribution in [3.8, 4) is 0 Å². The number of nitrogens with zero attached hydrogens (tertiary/aromatic N) is 2. The number of hydrogen-bond acceptors (Lipinski definition) is 2. The fourth-order valence-corrected chi connectivity index (χ4v) is 3.59. The van der Waals surface area contributed by atoms with Crippen LogP contribution in [0.5, 0.6) is 0 Å². The van der Waals surface area contributed by atoms with Gasteiger partial charge in [-0.2, -0.15) is 0 Å². The van der Waals surface area contributed by atoms with Crippen LogP contribution in [0.4, 0.5) is 11.4 Å². The Labute approximate surface area is 178 Å². The van der Waals surface area contributed by atoms with Gasteiger partial charge in [0.25, 0.3) is 0 Å². The summed E-state index contributed by atoms with van der Waals surface area (Å²) in [7, 11) is 3.49. The topological polar surface area (TPSA) is 40.6 Å². The minimum absolute atomic E-state index is 0.00877. The zero-order chi connectivity index (χ0) is 21.5. The Bertz CT molecular complexity index is 917. The molecule has 0 aliphatic rings. The lowest BCUT2D eigenvalue weighted by Crippen LogP contribution is -2.36. The number of carbonyl (C=O) groups is 2. The molecule has 4 nitrogen and oxygen atoms in total. The van der Waals surface area contributed by atoms with Crippen molar-refractivity contribution in [2.75, 3.05) is 19.0 Å². The first-order chi connectivity index (χ1) is 14.5. The minimum Gasteiger partial charge on any atom is -0.349 e. The number of benzene rings is 3. The third-order valence-electron chi connectivity index (χ3n) is 5.36. The van der Waals surface area contributed by atoms with Gasteiger partial charge in [-0.25, -0.2) is 0 Å². The Morgan fingerprint density at radius 3 is 1.60 bits per heavy atom. The summed E-state index contributed by atoms with van der Waals surface area (Å²) in [6, 6.07) is 29.1. The highest BCUT2D eigenvalue weighted by Crippen LogP contribution is 2.34. The van der Waals surface area contributed by atoms with Gasteiger partial charge in [0.15, 0.2) is 0 Å². The van der Waals surface area contributed by atoms with Gasteiger partial charge in [-0.1, -0.05) is 73.7 Å². The molecule has 3 aromatic rings. The summed E-state index contributed by atoms with van der Waals surface area (Å²) in [4.78, 5) is 29.7. The second-order valence-electron chi connectivity index (χ2n) is 7.64. The van der Waals surface area contributed by atoms with E-state index in [0.29, 0.717) is 0 Å². The molecule has 3 aromatic carbocycles. The fourth-order valence-electron chi connectivity index (χ4n) is 3.59. The Hall–Kier alpha value is -3.40. The molecule has 0 fully saturated rings. The van der Waals surface area contributed by atoms with E-state index in [1.54, 1.807) is 23.9 Å². The summed E-state index contributed by atoms with van der Waals surface area (Å²) < 4.78 is 0. The van der Waals surface area contributed by atoms with Crippen molar-refractivity contribution >= 4 is 23.2 Å². The lowest BCUT2D eigenvalue weighted by Gasteiger charge is -2.31. The summed E-state index contributed by atoms with van der Waals surface area (Å²) in [5.41, 5.74) is 2.62. The number of para-hydroxylation sites is 2. The van der Waals surface area contributed by atoms with Gasteiger partial charge in [0.1, 0.15) is 0 Å². The lowest BCUT2D eigenvalue weighted by atomic mass is 9.83. The van der Waals surface area contributed by atoms with Crippen LogP contribution in [0.1, 0.15) is 24.8 Å². The third-order valence-corrected chi connectivity index (χ3v) is 5.36. The largest absolute Gasteiger partial charge is 0.349 e. The first kappa shape index (κ1) is 21.3. The summed E-state index contributed by atoms with van der Waals surface area (Å²) >= 11 is 0. The second kappa shape index (κ2) is 9.88. The van der Waals surface area contributed by atoms with Crippen molar-refractivity contribution in [3.05, 3.63) is 96.6 Å². The van der Waals surface area contributed by atoms with E-state index in [4.69, 9.17) is 0 Å². The Kier molecular flexibility index (Phi) is 7.02. The third kappa shape index (κ3) is 4.95. The first-order valence-electron chi connectivity index (χ1n) is 10.2. The molecule has 2 atom stereocenters. The molecule has 30 heavy (non-hydrogen) atoms. The van der Waals surface area contributed by atoms with E-state index < -0.39 is 5.92 Å². The summed E-state index contributed by atoms with van der Waals surface area (Å²) in [6.07, 6.45) is 0.279. The molecule has 0 heterocycles. The van der Waals surface area contributed by atoms with Crippen LogP contribution in [0, 0.1) is 5.92 Å². The second-order valence-corrected chi connectivity index (χ2v) is 7.64. The summed E-state index contributed by atoms with van der Waals surface area (Å²) in [5, 5.41) is 0. The number of rotatable bonds is 7. The zero-order valence-electron chi connectivity index (χ0n) is 17.7. The maximum Gasteiger partial charge on any atom is 0.235 e. The van der Waals surface area contributed by atoms with E-state index in [1.165, 1.54) is 0 Å². The predicted octanol–water partition coefficient (Wildman–Crippen LogP) is 5.25. The molecule has 3 rings (SSSR count). The quantitative estimate of drug-likeness (QED) is 0.543. The Balaban J connectivity index is 2.00. The lowest BCUT2D eigenvalue weighted by molar-refractivity contribution is -0.129. The molecule has 0 saturated heterocycles. The number of hydrogen-bond donors (Lipinski definition) is 0. The van der Waals surface area contributed by atoms with Crippen molar-refractivity contribution in [2.45, 2.75) is 19.3 Å². The average Bonchev–Trinajstić information content (AvgIpc) is 2.79. The van der Waals surface area contributed by atoms with Gasteiger partial charge in [-0.05, 0) is 29.8 Å². The van der Waals surface area contributed by atoms with Gasteiger partial charge in [0.2, 0.25) is 11.8 Å². The standard InChI is InChI=1S/C26H28N2O2/c1-20(24(19-25(29)27(2)3)21-13-7-4-8-14-21)26(30)28(22-15-9-5-10-16-22)23-17-11-6-12-18-23/h4-18,20,24H,19H2,1-3H3/t20-,24-/m1/s1.